The second-order valence-electron chi connectivity index (χ2n) is 6.10. The van der Waals surface area contributed by atoms with Gasteiger partial charge >= 0.3 is 0 Å². The van der Waals surface area contributed by atoms with Crippen LogP contribution in [0, 0.1) is 6.92 Å². The number of rotatable bonds is 6. The Hall–Kier alpha value is -3.32. The molecule has 0 atom stereocenters. The van der Waals surface area contributed by atoms with Gasteiger partial charge in [-0.2, -0.15) is 0 Å². The highest BCUT2D eigenvalue weighted by molar-refractivity contribution is 6.31. The number of methoxy groups -OCH3 is 1. The molecule has 1 amide bonds. The molecule has 0 fully saturated rings. The number of carbonyl (C=O) groups excluding carboxylic acids is 1. The lowest BCUT2D eigenvalue weighted by molar-refractivity contribution is -0.114. The summed E-state index contributed by atoms with van der Waals surface area (Å²) in [5, 5.41) is 9.79. The van der Waals surface area contributed by atoms with Crippen LogP contribution in [-0.4, -0.2) is 23.0 Å². The summed E-state index contributed by atoms with van der Waals surface area (Å²) in [6.07, 6.45) is 1.46. The first-order valence-corrected chi connectivity index (χ1v) is 8.90. The van der Waals surface area contributed by atoms with Crippen molar-refractivity contribution in [2.75, 3.05) is 23.1 Å². The molecule has 3 N–H and O–H groups in total. The number of aromatic nitrogens is 2. The first-order valence-electron chi connectivity index (χ1n) is 8.52. The van der Waals surface area contributed by atoms with E-state index in [1.807, 2.05) is 37.3 Å². The van der Waals surface area contributed by atoms with Gasteiger partial charge in [-0.25, -0.2) is 9.97 Å². The highest BCUT2D eigenvalue weighted by Crippen LogP contribution is 2.33. The molecule has 0 spiro atoms. The third-order valence-electron chi connectivity index (χ3n) is 3.89. The predicted octanol–water partition coefficient (Wildman–Crippen LogP) is 4.89. The van der Waals surface area contributed by atoms with E-state index in [2.05, 4.69) is 25.9 Å². The highest BCUT2D eigenvalue weighted by Gasteiger charge is 2.09. The van der Waals surface area contributed by atoms with Crippen LogP contribution in [0.25, 0.3) is 0 Å². The lowest BCUT2D eigenvalue weighted by atomic mass is 10.2. The Bertz CT molecular complexity index is 992. The quantitative estimate of drug-likeness (QED) is 0.548. The summed E-state index contributed by atoms with van der Waals surface area (Å²) in [6, 6.07) is 12.8. The molecule has 0 aliphatic carbocycles. The van der Waals surface area contributed by atoms with Crippen molar-refractivity contribution in [3.63, 3.8) is 0 Å². The number of nitrogens with one attached hydrogen (secondary N) is 3. The normalized spacial score (nSPS) is 10.3. The fraction of sp³-hybridized carbons (Fsp3) is 0.150. The minimum atomic E-state index is -0.111. The van der Waals surface area contributed by atoms with Gasteiger partial charge in [-0.3, -0.25) is 4.79 Å². The molecule has 0 radical (unpaired) electrons. The smallest absolute Gasteiger partial charge is 0.221 e. The number of ether oxygens (including phenoxy) is 1. The van der Waals surface area contributed by atoms with Crippen LogP contribution < -0.4 is 20.7 Å². The Morgan fingerprint density at radius 2 is 1.64 bits per heavy atom. The van der Waals surface area contributed by atoms with Crippen molar-refractivity contribution in [2.24, 2.45) is 0 Å². The molecule has 0 saturated heterocycles. The van der Waals surface area contributed by atoms with E-state index in [0.29, 0.717) is 22.4 Å². The van der Waals surface area contributed by atoms with Gasteiger partial charge in [0.1, 0.15) is 23.7 Å². The summed E-state index contributed by atoms with van der Waals surface area (Å²) >= 11 is 6.16. The molecule has 3 rings (SSSR count). The van der Waals surface area contributed by atoms with Gasteiger partial charge in [-0.15, -0.1) is 0 Å². The van der Waals surface area contributed by atoms with Gasteiger partial charge in [-0.05, 0) is 42.8 Å². The van der Waals surface area contributed by atoms with Crippen molar-refractivity contribution in [3.8, 4) is 5.75 Å². The SMILES string of the molecule is COc1cc(Cl)c(C)cc1Nc1cc(Nc2ccc(NC(C)=O)cc2)ncn1. The monoisotopic (exact) mass is 397 g/mol. The summed E-state index contributed by atoms with van der Waals surface area (Å²) in [6.45, 7) is 3.39. The zero-order valence-electron chi connectivity index (χ0n) is 15.7. The second-order valence-corrected chi connectivity index (χ2v) is 6.51. The van der Waals surface area contributed by atoms with Gasteiger partial charge in [-0.1, -0.05) is 11.6 Å². The molecule has 0 bridgehead atoms. The summed E-state index contributed by atoms with van der Waals surface area (Å²) in [4.78, 5) is 19.6. The lowest BCUT2D eigenvalue weighted by Gasteiger charge is -2.13. The minimum absolute atomic E-state index is 0.111. The Kier molecular flexibility index (Phi) is 5.96. The number of nitrogens with zero attached hydrogens (tertiary/aromatic N) is 2. The molecule has 0 unspecified atom stereocenters. The maximum absolute atomic E-state index is 11.1. The molecule has 2 aromatic carbocycles. The van der Waals surface area contributed by atoms with Crippen molar-refractivity contribution >= 4 is 46.2 Å². The van der Waals surface area contributed by atoms with Crippen LogP contribution in [0.1, 0.15) is 12.5 Å². The molecule has 7 nitrogen and oxygen atoms in total. The van der Waals surface area contributed by atoms with Crippen molar-refractivity contribution in [3.05, 3.63) is 59.4 Å². The zero-order valence-corrected chi connectivity index (χ0v) is 16.5. The summed E-state index contributed by atoms with van der Waals surface area (Å²) in [5.74, 6) is 1.74. The maximum atomic E-state index is 11.1. The number of anilines is 5. The van der Waals surface area contributed by atoms with E-state index in [0.717, 1.165) is 22.6 Å². The van der Waals surface area contributed by atoms with Crippen LogP contribution in [0.15, 0.2) is 48.8 Å². The molecule has 3 aromatic rings. The Labute approximate surface area is 168 Å². The summed E-state index contributed by atoms with van der Waals surface area (Å²) in [5.41, 5.74) is 3.25. The first kappa shape index (κ1) is 19.4. The standard InChI is InChI=1S/C20H20ClN5O2/c1-12-8-17(18(28-3)9-16(12)21)26-20-10-19(22-11-23-20)25-15-6-4-14(5-7-15)24-13(2)27/h4-11H,1-3H3,(H,24,27)(H2,22,23,25,26). The van der Waals surface area contributed by atoms with Gasteiger partial charge in [0, 0.05) is 35.5 Å². The molecule has 28 heavy (non-hydrogen) atoms. The third-order valence-corrected chi connectivity index (χ3v) is 4.30. The van der Waals surface area contributed by atoms with Gasteiger partial charge in [0.15, 0.2) is 0 Å². The number of benzene rings is 2. The molecular weight excluding hydrogens is 378 g/mol. The number of carbonyl (C=O) groups is 1. The maximum Gasteiger partial charge on any atom is 0.221 e. The van der Waals surface area contributed by atoms with Gasteiger partial charge < -0.3 is 20.7 Å². The van der Waals surface area contributed by atoms with Crippen molar-refractivity contribution in [1.29, 1.82) is 0 Å². The van der Waals surface area contributed by atoms with Crippen LogP contribution in [-0.2, 0) is 4.79 Å². The van der Waals surface area contributed by atoms with E-state index < -0.39 is 0 Å². The topological polar surface area (TPSA) is 88.2 Å². The fourth-order valence-electron chi connectivity index (χ4n) is 2.55. The van der Waals surface area contributed by atoms with E-state index in [-0.39, 0.29) is 5.91 Å². The third kappa shape index (κ3) is 4.89. The molecule has 0 aliphatic rings. The zero-order chi connectivity index (χ0) is 20.1. The Morgan fingerprint density at radius 1 is 1.00 bits per heavy atom. The predicted molar refractivity (Wildman–Crippen MR) is 112 cm³/mol. The second kappa shape index (κ2) is 8.58. The molecule has 1 heterocycles. The number of halogens is 1. The number of hydrogen-bond donors (Lipinski definition) is 3. The van der Waals surface area contributed by atoms with Gasteiger partial charge in [0.25, 0.3) is 0 Å². The minimum Gasteiger partial charge on any atom is -0.495 e. The van der Waals surface area contributed by atoms with Crippen LogP contribution >= 0.6 is 11.6 Å². The Morgan fingerprint density at radius 3 is 2.29 bits per heavy atom. The molecule has 1 aromatic heterocycles. The average Bonchev–Trinajstić information content (AvgIpc) is 2.66. The van der Waals surface area contributed by atoms with E-state index in [4.69, 9.17) is 16.3 Å². The van der Waals surface area contributed by atoms with Crippen LogP contribution in [0.3, 0.4) is 0 Å². The van der Waals surface area contributed by atoms with E-state index >= 15 is 0 Å². The molecule has 8 heteroatoms. The van der Waals surface area contributed by atoms with Crippen LogP contribution in [0.5, 0.6) is 5.75 Å². The summed E-state index contributed by atoms with van der Waals surface area (Å²) in [7, 11) is 1.59. The van der Waals surface area contributed by atoms with Crippen molar-refractivity contribution in [2.45, 2.75) is 13.8 Å². The average molecular weight is 398 g/mol. The highest BCUT2D eigenvalue weighted by atomic mass is 35.5. The summed E-state index contributed by atoms with van der Waals surface area (Å²) < 4.78 is 5.38. The molecule has 144 valence electrons. The Balaban J connectivity index is 1.76. The van der Waals surface area contributed by atoms with Gasteiger partial charge in [0.2, 0.25) is 5.91 Å². The number of amides is 1. The molecular formula is C20H20ClN5O2. The van der Waals surface area contributed by atoms with E-state index in [1.165, 1.54) is 13.3 Å². The first-order chi connectivity index (χ1) is 13.4. The van der Waals surface area contributed by atoms with Crippen molar-refractivity contribution < 1.29 is 9.53 Å². The lowest BCUT2D eigenvalue weighted by Crippen LogP contribution is -2.05. The van der Waals surface area contributed by atoms with Crippen LogP contribution in [0.2, 0.25) is 5.02 Å². The molecule has 0 saturated carbocycles. The number of aryl methyl sites for hydroxylation is 1. The van der Waals surface area contributed by atoms with Crippen LogP contribution in [0.4, 0.5) is 28.7 Å². The van der Waals surface area contributed by atoms with Gasteiger partial charge in [0.05, 0.1) is 12.8 Å². The number of hydrogen-bond acceptors (Lipinski definition) is 6. The van der Waals surface area contributed by atoms with E-state index in [1.54, 1.807) is 19.2 Å². The van der Waals surface area contributed by atoms with E-state index in [9.17, 15) is 4.79 Å². The van der Waals surface area contributed by atoms with Crippen molar-refractivity contribution in [1.82, 2.24) is 9.97 Å². The fourth-order valence-corrected chi connectivity index (χ4v) is 2.70. The molecule has 0 aliphatic heterocycles. The largest absolute Gasteiger partial charge is 0.495 e.